The number of aromatic nitrogens is 3. The van der Waals surface area contributed by atoms with Crippen molar-refractivity contribution >= 4 is 23.6 Å². The highest BCUT2D eigenvalue weighted by molar-refractivity contribution is 8.00. The number of amides is 1. The number of benzene rings is 1. The molecule has 1 atom stereocenters. The summed E-state index contributed by atoms with van der Waals surface area (Å²) in [5.41, 5.74) is 1.98. The van der Waals surface area contributed by atoms with Crippen LogP contribution < -0.4 is 10.2 Å². The van der Waals surface area contributed by atoms with Gasteiger partial charge >= 0.3 is 0 Å². The second kappa shape index (κ2) is 7.92. The molecule has 1 fully saturated rings. The van der Waals surface area contributed by atoms with Crippen LogP contribution in [0.25, 0.3) is 5.69 Å². The Morgan fingerprint density at radius 2 is 1.78 bits per heavy atom. The number of rotatable bonds is 5. The fourth-order valence-electron chi connectivity index (χ4n) is 3.06. The van der Waals surface area contributed by atoms with Crippen LogP contribution in [0.3, 0.4) is 0 Å². The van der Waals surface area contributed by atoms with E-state index in [1.54, 1.807) is 0 Å². The lowest BCUT2D eigenvalue weighted by Gasteiger charge is -2.23. The highest BCUT2D eigenvalue weighted by atomic mass is 32.2. The summed E-state index contributed by atoms with van der Waals surface area (Å²) < 4.78 is 2.08. The predicted molar refractivity (Wildman–Crippen MR) is 111 cm³/mol. The minimum Gasteiger partial charge on any atom is -0.351 e. The van der Waals surface area contributed by atoms with Crippen molar-refractivity contribution in [3.8, 4) is 5.69 Å². The summed E-state index contributed by atoms with van der Waals surface area (Å²) in [6.07, 6.45) is 2.35. The second-order valence-electron chi connectivity index (χ2n) is 8.15. The van der Waals surface area contributed by atoms with E-state index in [-0.39, 0.29) is 16.7 Å². The van der Waals surface area contributed by atoms with E-state index in [4.69, 9.17) is 0 Å². The van der Waals surface area contributed by atoms with Crippen LogP contribution in [0.2, 0.25) is 0 Å². The number of hydrogen-bond donors (Lipinski definition) is 1. The molecule has 7 heteroatoms. The van der Waals surface area contributed by atoms with Gasteiger partial charge in [-0.25, -0.2) is 0 Å². The molecule has 3 rings (SSSR count). The van der Waals surface area contributed by atoms with Crippen molar-refractivity contribution in [2.75, 3.05) is 18.0 Å². The number of carbonyl (C=O) groups excluding carboxylic acids is 1. The monoisotopic (exact) mass is 387 g/mol. The van der Waals surface area contributed by atoms with Crippen molar-refractivity contribution in [1.82, 2.24) is 20.1 Å². The number of nitrogens with zero attached hydrogens (tertiary/aromatic N) is 4. The van der Waals surface area contributed by atoms with Gasteiger partial charge in [-0.15, -0.1) is 10.2 Å². The number of hydrogen-bond acceptors (Lipinski definition) is 5. The Labute approximate surface area is 165 Å². The first-order valence-electron chi connectivity index (χ1n) is 9.51. The molecular formula is C20H29N5OS. The molecule has 2 heterocycles. The van der Waals surface area contributed by atoms with Gasteiger partial charge in [0.2, 0.25) is 11.9 Å². The molecule has 1 aliphatic rings. The van der Waals surface area contributed by atoms with E-state index in [0.29, 0.717) is 0 Å². The first-order chi connectivity index (χ1) is 12.7. The van der Waals surface area contributed by atoms with Gasteiger partial charge in [0.15, 0.2) is 5.16 Å². The van der Waals surface area contributed by atoms with Crippen LogP contribution in [0.1, 0.15) is 46.1 Å². The van der Waals surface area contributed by atoms with Gasteiger partial charge in [0.1, 0.15) is 0 Å². The van der Waals surface area contributed by atoms with Crippen LogP contribution in [0.5, 0.6) is 0 Å². The summed E-state index contributed by atoms with van der Waals surface area (Å²) in [6, 6.07) is 8.35. The Kier molecular flexibility index (Phi) is 5.79. The fourth-order valence-corrected chi connectivity index (χ4v) is 3.93. The standard InChI is InChI=1S/C20H29N5OS/c1-14-8-10-16(11-9-14)25-18(24-12-6-7-13-24)22-23-19(25)27-15(2)17(26)21-20(3,4)5/h8-11,15H,6-7,12-13H2,1-5H3,(H,21,26)/t15-/m1/s1. The zero-order valence-electron chi connectivity index (χ0n) is 16.8. The summed E-state index contributed by atoms with van der Waals surface area (Å²) in [7, 11) is 0. The molecular weight excluding hydrogens is 358 g/mol. The molecule has 0 saturated carbocycles. The third-order valence-corrected chi connectivity index (χ3v) is 5.49. The van der Waals surface area contributed by atoms with E-state index in [9.17, 15) is 4.79 Å². The van der Waals surface area contributed by atoms with Gasteiger partial charge in [-0.2, -0.15) is 0 Å². The predicted octanol–water partition coefficient (Wildman–Crippen LogP) is 3.57. The van der Waals surface area contributed by atoms with Crippen molar-refractivity contribution < 1.29 is 4.79 Å². The largest absolute Gasteiger partial charge is 0.351 e. The van der Waals surface area contributed by atoms with Gasteiger partial charge in [-0.05, 0) is 59.6 Å². The Hall–Kier alpha value is -2.02. The molecule has 27 heavy (non-hydrogen) atoms. The quantitative estimate of drug-likeness (QED) is 0.795. The Morgan fingerprint density at radius 1 is 1.15 bits per heavy atom. The molecule has 1 amide bonds. The number of aryl methyl sites for hydroxylation is 1. The molecule has 1 N–H and O–H groups in total. The van der Waals surface area contributed by atoms with E-state index >= 15 is 0 Å². The Balaban J connectivity index is 1.90. The number of carbonyl (C=O) groups is 1. The van der Waals surface area contributed by atoms with Gasteiger partial charge in [0.05, 0.1) is 10.9 Å². The molecule has 2 aromatic rings. The summed E-state index contributed by atoms with van der Waals surface area (Å²) in [5, 5.41) is 12.4. The Bertz CT molecular complexity index is 788. The van der Waals surface area contributed by atoms with Crippen molar-refractivity contribution in [2.45, 2.75) is 63.4 Å². The molecule has 0 bridgehead atoms. The second-order valence-corrected chi connectivity index (χ2v) is 9.45. The van der Waals surface area contributed by atoms with Crippen LogP contribution >= 0.6 is 11.8 Å². The van der Waals surface area contributed by atoms with Gasteiger partial charge in [-0.3, -0.25) is 9.36 Å². The Morgan fingerprint density at radius 3 is 2.37 bits per heavy atom. The molecule has 1 aromatic heterocycles. The normalized spacial score (nSPS) is 15.8. The maximum Gasteiger partial charge on any atom is 0.233 e. The maximum absolute atomic E-state index is 12.5. The van der Waals surface area contributed by atoms with E-state index in [2.05, 4.69) is 56.2 Å². The minimum absolute atomic E-state index is 0.00804. The lowest BCUT2D eigenvalue weighted by molar-refractivity contribution is -0.121. The average Bonchev–Trinajstić information content (AvgIpc) is 3.23. The van der Waals surface area contributed by atoms with Gasteiger partial charge < -0.3 is 10.2 Å². The molecule has 0 aliphatic carbocycles. The average molecular weight is 388 g/mol. The number of nitrogens with one attached hydrogen (secondary N) is 1. The van der Waals surface area contributed by atoms with E-state index in [1.807, 2.05) is 27.7 Å². The maximum atomic E-state index is 12.5. The summed E-state index contributed by atoms with van der Waals surface area (Å²) in [6.45, 7) is 11.9. The smallest absolute Gasteiger partial charge is 0.233 e. The van der Waals surface area contributed by atoms with E-state index in [0.717, 1.165) is 29.9 Å². The topological polar surface area (TPSA) is 63.1 Å². The van der Waals surface area contributed by atoms with Crippen molar-refractivity contribution in [3.05, 3.63) is 29.8 Å². The molecule has 1 aromatic carbocycles. The van der Waals surface area contributed by atoms with Gasteiger partial charge in [0.25, 0.3) is 0 Å². The lowest BCUT2D eigenvalue weighted by Crippen LogP contribution is -2.44. The fraction of sp³-hybridized carbons (Fsp3) is 0.550. The molecule has 0 unspecified atom stereocenters. The van der Waals surface area contributed by atoms with Gasteiger partial charge in [-0.1, -0.05) is 29.5 Å². The van der Waals surface area contributed by atoms with Crippen LogP contribution in [-0.2, 0) is 4.79 Å². The minimum atomic E-state index is -0.260. The van der Waals surface area contributed by atoms with Crippen molar-refractivity contribution in [2.24, 2.45) is 0 Å². The van der Waals surface area contributed by atoms with E-state index < -0.39 is 0 Å². The molecule has 146 valence electrons. The molecule has 1 saturated heterocycles. The zero-order chi connectivity index (χ0) is 19.6. The summed E-state index contributed by atoms with van der Waals surface area (Å²) >= 11 is 1.45. The number of thioether (sulfide) groups is 1. The molecule has 1 aliphatic heterocycles. The van der Waals surface area contributed by atoms with Crippen molar-refractivity contribution in [1.29, 1.82) is 0 Å². The van der Waals surface area contributed by atoms with Crippen LogP contribution in [-0.4, -0.2) is 44.6 Å². The van der Waals surface area contributed by atoms with Crippen LogP contribution in [0, 0.1) is 6.92 Å². The first-order valence-corrected chi connectivity index (χ1v) is 10.4. The SMILES string of the molecule is Cc1ccc(-n2c(S[C@H](C)C(=O)NC(C)(C)C)nnc2N2CCCC2)cc1. The molecule has 6 nitrogen and oxygen atoms in total. The third kappa shape index (κ3) is 4.83. The molecule has 0 radical (unpaired) electrons. The van der Waals surface area contributed by atoms with Crippen LogP contribution in [0.4, 0.5) is 5.95 Å². The van der Waals surface area contributed by atoms with E-state index in [1.165, 1.54) is 30.2 Å². The molecule has 0 spiro atoms. The highest BCUT2D eigenvalue weighted by Gasteiger charge is 2.26. The summed E-state index contributed by atoms with van der Waals surface area (Å²) in [4.78, 5) is 14.8. The zero-order valence-corrected chi connectivity index (χ0v) is 17.6. The van der Waals surface area contributed by atoms with Crippen molar-refractivity contribution in [3.63, 3.8) is 0 Å². The third-order valence-electron chi connectivity index (χ3n) is 4.45. The first kappa shape index (κ1) is 19.7. The van der Waals surface area contributed by atoms with Gasteiger partial charge in [0, 0.05) is 18.6 Å². The summed E-state index contributed by atoms with van der Waals surface area (Å²) in [5.74, 6) is 0.871. The van der Waals surface area contributed by atoms with Crippen LogP contribution in [0.15, 0.2) is 29.4 Å². The lowest BCUT2D eigenvalue weighted by atomic mass is 10.1. The number of anilines is 1. The highest BCUT2D eigenvalue weighted by Crippen LogP contribution is 2.31.